The van der Waals surface area contributed by atoms with Gasteiger partial charge in [0.25, 0.3) is 0 Å². The lowest BCUT2D eigenvalue weighted by Crippen LogP contribution is -2.18. The predicted molar refractivity (Wildman–Crippen MR) is 84.2 cm³/mol. The quantitative estimate of drug-likeness (QED) is 0.772. The number of H-pyrrole nitrogens is 1. The second-order valence-corrected chi connectivity index (χ2v) is 5.42. The molecule has 0 aliphatic carbocycles. The Bertz CT molecular complexity index is 854. The van der Waals surface area contributed by atoms with Crippen molar-refractivity contribution in [2.45, 2.75) is 6.04 Å². The molecule has 0 saturated carbocycles. The van der Waals surface area contributed by atoms with Crippen LogP contribution in [-0.4, -0.2) is 12.0 Å². The molecule has 6 heteroatoms. The molecule has 1 atom stereocenters. The summed E-state index contributed by atoms with van der Waals surface area (Å²) in [5, 5.41) is 4.21. The van der Waals surface area contributed by atoms with E-state index in [-0.39, 0.29) is 6.04 Å². The van der Waals surface area contributed by atoms with Crippen LogP contribution in [0.1, 0.15) is 17.2 Å². The number of benzene rings is 2. The lowest BCUT2D eigenvalue weighted by atomic mass is 9.98. The zero-order chi connectivity index (χ0) is 15.0. The molecule has 0 spiro atoms. The van der Waals surface area contributed by atoms with Crippen molar-refractivity contribution in [3.8, 4) is 0 Å². The van der Waals surface area contributed by atoms with E-state index in [1.54, 1.807) is 12.1 Å². The van der Waals surface area contributed by atoms with E-state index in [0.29, 0.717) is 21.1 Å². The summed E-state index contributed by atoms with van der Waals surface area (Å²) in [6, 6.07) is 10.9. The van der Waals surface area contributed by atoms with Gasteiger partial charge in [0.05, 0.1) is 21.6 Å². The highest BCUT2D eigenvalue weighted by atomic mass is 35.5. The molecule has 0 saturated heterocycles. The van der Waals surface area contributed by atoms with Crippen LogP contribution in [0.4, 0.5) is 0 Å². The van der Waals surface area contributed by atoms with Crippen LogP contribution < -0.4 is 11.1 Å². The minimum atomic E-state index is -0.469. The number of aromatic amines is 1. The van der Waals surface area contributed by atoms with Crippen LogP contribution in [0.15, 0.2) is 45.6 Å². The van der Waals surface area contributed by atoms with Gasteiger partial charge in [0.1, 0.15) is 0 Å². The molecule has 1 unspecified atom stereocenters. The van der Waals surface area contributed by atoms with E-state index in [0.717, 1.165) is 11.1 Å². The van der Waals surface area contributed by atoms with Gasteiger partial charge in [-0.3, -0.25) is 4.98 Å². The number of oxazole rings is 1. The molecule has 3 rings (SSSR count). The van der Waals surface area contributed by atoms with Gasteiger partial charge in [-0.15, -0.1) is 0 Å². The minimum absolute atomic E-state index is 0.152. The molecule has 0 aliphatic rings. The summed E-state index contributed by atoms with van der Waals surface area (Å²) < 4.78 is 5.10. The van der Waals surface area contributed by atoms with Crippen molar-refractivity contribution >= 4 is 34.3 Å². The molecule has 2 aromatic carbocycles. The fourth-order valence-corrected chi connectivity index (χ4v) is 2.80. The zero-order valence-corrected chi connectivity index (χ0v) is 12.6. The predicted octanol–water partition coefficient (Wildman–Crippen LogP) is 3.74. The number of nitrogens with one attached hydrogen (secondary N) is 2. The second kappa shape index (κ2) is 5.56. The third kappa shape index (κ3) is 2.58. The Kier molecular flexibility index (Phi) is 3.76. The van der Waals surface area contributed by atoms with E-state index >= 15 is 0 Å². The summed E-state index contributed by atoms with van der Waals surface area (Å²) in [7, 11) is 1.83. The van der Waals surface area contributed by atoms with Crippen LogP contribution in [-0.2, 0) is 0 Å². The molecule has 0 radical (unpaired) electrons. The largest absolute Gasteiger partial charge is 0.417 e. The van der Waals surface area contributed by atoms with Gasteiger partial charge in [-0.25, -0.2) is 4.79 Å². The van der Waals surface area contributed by atoms with Crippen molar-refractivity contribution in [1.82, 2.24) is 10.3 Å². The van der Waals surface area contributed by atoms with Gasteiger partial charge in [0, 0.05) is 0 Å². The summed E-state index contributed by atoms with van der Waals surface area (Å²) in [6.07, 6.45) is 0. The Labute approximate surface area is 130 Å². The first-order valence-electron chi connectivity index (χ1n) is 6.34. The monoisotopic (exact) mass is 322 g/mol. The van der Waals surface area contributed by atoms with Crippen LogP contribution in [0.2, 0.25) is 10.0 Å². The molecule has 0 fully saturated rings. The summed E-state index contributed by atoms with van der Waals surface area (Å²) in [6.45, 7) is 0. The maximum Gasteiger partial charge on any atom is 0.417 e. The topological polar surface area (TPSA) is 58.0 Å². The first-order valence-corrected chi connectivity index (χ1v) is 7.09. The lowest BCUT2D eigenvalue weighted by Gasteiger charge is -2.19. The average Bonchev–Trinajstić information content (AvgIpc) is 2.83. The maximum absolute atomic E-state index is 11.2. The SMILES string of the molecule is CNC(c1ccc2[nH]c(=O)oc2c1)c1cccc(Cl)c1Cl. The van der Waals surface area contributed by atoms with E-state index in [1.165, 1.54) is 0 Å². The highest BCUT2D eigenvalue weighted by Gasteiger charge is 2.17. The van der Waals surface area contributed by atoms with E-state index in [4.69, 9.17) is 27.6 Å². The van der Waals surface area contributed by atoms with Crippen LogP contribution >= 0.6 is 23.2 Å². The fraction of sp³-hybridized carbons (Fsp3) is 0.133. The van der Waals surface area contributed by atoms with Crippen molar-refractivity contribution in [1.29, 1.82) is 0 Å². The molecule has 1 heterocycles. The molecule has 2 N–H and O–H groups in total. The number of rotatable bonds is 3. The number of halogens is 2. The summed E-state index contributed by atoms with van der Waals surface area (Å²) in [5.41, 5.74) is 2.97. The third-order valence-electron chi connectivity index (χ3n) is 3.36. The molecule has 21 heavy (non-hydrogen) atoms. The Morgan fingerprint density at radius 1 is 1.24 bits per heavy atom. The van der Waals surface area contributed by atoms with Crippen molar-refractivity contribution < 1.29 is 4.42 Å². The van der Waals surface area contributed by atoms with Crippen LogP contribution in [0, 0.1) is 0 Å². The number of hydrogen-bond acceptors (Lipinski definition) is 3. The minimum Gasteiger partial charge on any atom is -0.408 e. The van der Waals surface area contributed by atoms with Gasteiger partial charge in [0.2, 0.25) is 0 Å². The Morgan fingerprint density at radius 2 is 2.05 bits per heavy atom. The first-order chi connectivity index (χ1) is 10.1. The highest BCUT2D eigenvalue weighted by molar-refractivity contribution is 6.42. The van der Waals surface area contributed by atoms with Gasteiger partial charge < -0.3 is 9.73 Å². The maximum atomic E-state index is 11.2. The fourth-order valence-electron chi connectivity index (χ4n) is 2.39. The van der Waals surface area contributed by atoms with Gasteiger partial charge in [-0.05, 0) is 36.4 Å². The summed E-state index contributed by atoms with van der Waals surface area (Å²) in [4.78, 5) is 13.8. The summed E-state index contributed by atoms with van der Waals surface area (Å²) in [5.74, 6) is -0.469. The third-order valence-corrected chi connectivity index (χ3v) is 4.19. The van der Waals surface area contributed by atoms with E-state index in [2.05, 4.69) is 10.3 Å². The Morgan fingerprint density at radius 3 is 2.81 bits per heavy atom. The Balaban J connectivity index is 2.13. The molecule has 0 aliphatic heterocycles. The van der Waals surface area contributed by atoms with Crippen LogP contribution in [0.5, 0.6) is 0 Å². The molecule has 0 bridgehead atoms. The van der Waals surface area contributed by atoms with Gasteiger partial charge >= 0.3 is 5.76 Å². The smallest absolute Gasteiger partial charge is 0.408 e. The number of aromatic nitrogens is 1. The molecular formula is C15H12Cl2N2O2. The lowest BCUT2D eigenvalue weighted by molar-refractivity contribution is 0.554. The molecule has 0 amide bonds. The first kappa shape index (κ1) is 14.2. The number of fused-ring (bicyclic) bond motifs is 1. The highest BCUT2D eigenvalue weighted by Crippen LogP contribution is 2.33. The summed E-state index contributed by atoms with van der Waals surface area (Å²) >= 11 is 12.4. The van der Waals surface area contributed by atoms with Crippen molar-refractivity contribution in [3.63, 3.8) is 0 Å². The van der Waals surface area contributed by atoms with Crippen molar-refractivity contribution in [3.05, 3.63) is 68.1 Å². The van der Waals surface area contributed by atoms with Crippen molar-refractivity contribution in [2.75, 3.05) is 7.05 Å². The van der Waals surface area contributed by atoms with Gasteiger partial charge in [0.15, 0.2) is 5.58 Å². The van der Waals surface area contributed by atoms with Crippen LogP contribution in [0.25, 0.3) is 11.1 Å². The molecular weight excluding hydrogens is 311 g/mol. The average molecular weight is 323 g/mol. The molecule has 3 aromatic rings. The zero-order valence-electron chi connectivity index (χ0n) is 11.1. The number of hydrogen-bond donors (Lipinski definition) is 2. The Hall–Kier alpha value is -1.75. The van der Waals surface area contributed by atoms with Crippen molar-refractivity contribution in [2.24, 2.45) is 0 Å². The van der Waals surface area contributed by atoms with Gasteiger partial charge in [-0.2, -0.15) is 0 Å². The standard InChI is InChI=1S/C15H12Cl2N2O2/c1-18-14(9-3-2-4-10(16)13(9)17)8-5-6-11-12(7-8)21-15(20)19-11/h2-7,14,18H,1H3,(H,19,20). The van der Waals surface area contributed by atoms with Crippen LogP contribution in [0.3, 0.4) is 0 Å². The van der Waals surface area contributed by atoms with E-state index < -0.39 is 5.76 Å². The molecule has 108 valence electrons. The molecule has 4 nitrogen and oxygen atoms in total. The van der Waals surface area contributed by atoms with Gasteiger partial charge in [-0.1, -0.05) is 41.4 Å². The molecule has 1 aromatic heterocycles. The normalized spacial score (nSPS) is 12.7. The van der Waals surface area contributed by atoms with E-state index in [9.17, 15) is 4.79 Å². The van der Waals surface area contributed by atoms with E-state index in [1.807, 2.05) is 31.3 Å². The second-order valence-electron chi connectivity index (χ2n) is 4.63.